The van der Waals surface area contributed by atoms with E-state index in [1.54, 1.807) is 31.1 Å². The van der Waals surface area contributed by atoms with E-state index >= 15 is 0 Å². The number of nitrogens with zero attached hydrogens (tertiary/aromatic N) is 5. The van der Waals surface area contributed by atoms with E-state index in [9.17, 15) is 4.79 Å². The van der Waals surface area contributed by atoms with Gasteiger partial charge in [0.1, 0.15) is 30.0 Å². The number of terminal acetylenes is 1. The molecule has 188 valence electrons. The van der Waals surface area contributed by atoms with Crippen molar-refractivity contribution in [2.24, 2.45) is 4.99 Å². The number of aromatic nitrogens is 4. The van der Waals surface area contributed by atoms with E-state index in [1.807, 2.05) is 24.3 Å². The molecule has 1 aliphatic carbocycles. The Labute approximate surface area is 214 Å². The van der Waals surface area contributed by atoms with Crippen LogP contribution in [0.3, 0.4) is 0 Å². The van der Waals surface area contributed by atoms with Crippen molar-refractivity contribution in [1.82, 2.24) is 25.3 Å². The van der Waals surface area contributed by atoms with Crippen molar-refractivity contribution < 1.29 is 13.9 Å². The SMILES string of the molecule is C#CC(CC=C1C=CC=C(OCC2CCCN2c2ncnc3nc[nH]c23)C1)=NC(=O)NCc1ccco1. The highest BCUT2D eigenvalue weighted by Gasteiger charge is 2.28. The van der Waals surface area contributed by atoms with Crippen molar-refractivity contribution in [2.45, 2.75) is 38.3 Å². The second-order valence-corrected chi connectivity index (χ2v) is 8.69. The van der Waals surface area contributed by atoms with E-state index < -0.39 is 6.03 Å². The fourth-order valence-corrected chi connectivity index (χ4v) is 4.40. The van der Waals surface area contributed by atoms with Crippen LogP contribution in [-0.2, 0) is 11.3 Å². The number of hydrogen-bond donors (Lipinski definition) is 2. The quantitative estimate of drug-likeness (QED) is 0.355. The summed E-state index contributed by atoms with van der Waals surface area (Å²) >= 11 is 0. The van der Waals surface area contributed by atoms with Gasteiger partial charge in [-0.1, -0.05) is 24.1 Å². The Kier molecular flexibility index (Phi) is 7.41. The number of aliphatic imine (C=N–C) groups is 1. The van der Waals surface area contributed by atoms with Crippen molar-refractivity contribution in [3.63, 3.8) is 0 Å². The normalized spacial score (nSPS) is 18.7. The zero-order valence-electron chi connectivity index (χ0n) is 20.3. The Bertz CT molecular complexity index is 1410. The molecule has 37 heavy (non-hydrogen) atoms. The van der Waals surface area contributed by atoms with Gasteiger partial charge in [0.25, 0.3) is 0 Å². The lowest BCUT2D eigenvalue weighted by molar-refractivity contribution is 0.188. The number of rotatable bonds is 8. The number of furan rings is 1. The standard InChI is InChI=1S/C27H27N7O3/c1-2-20(33-27(35)28-15-23-9-5-13-36-23)11-10-19-6-3-8-22(14-19)37-16-21-7-4-12-34(21)26-24-25(30-17-29-24)31-18-32-26/h1,3,5-6,8-10,13,17-18,21H,4,7,11-12,14-16H2,(H,28,35)(H,29,30,31,32). The summed E-state index contributed by atoms with van der Waals surface area (Å²) < 4.78 is 11.4. The summed E-state index contributed by atoms with van der Waals surface area (Å²) in [5.74, 6) is 4.89. The number of hydrogen-bond acceptors (Lipinski definition) is 7. The molecule has 0 saturated carbocycles. The van der Waals surface area contributed by atoms with Crippen LogP contribution in [0.15, 0.2) is 76.1 Å². The molecule has 1 unspecified atom stereocenters. The summed E-state index contributed by atoms with van der Waals surface area (Å²) in [6, 6.07) is 3.24. The highest BCUT2D eigenvalue weighted by Crippen LogP contribution is 2.29. The van der Waals surface area contributed by atoms with Gasteiger partial charge in [-0.25, -0.2) is 19.7 Å². The Morgan fingerprint density at radius 2 is 2.35 bits per heavy atom. The number of aromatic amines is 1. The molecule has 0 radical (unpaired) electrons. The molecule has 10 nitrogen and oxygen atoms in total. The van der Waals surface area contributed by atoms with Crippen LogP contribution in [0.4, 0.5) is 10.6 Å². The molecule has 1 fully saturated rings. The maximum Gasteiger partial charge on any atom is 0.342 e. The minimum atomic E-state index is -0.497. The third kappa shape index (κ3) is 5.95. The van der Waals surface area contributed by atoms with Crippen LogP contribution in [-0.4, -0.2) is 50.9 Å². The third-order valence-electron chi connectivity index (χ3n) is 6.24. The fourth-order valence-electron chi connectivity index (χ4n) is 4.40. The number of allylic oxidation sites excluding steroid dienone is 5. The van der Waals surface area contributed by atoms with Crippen molar-refractivity contribution in [1.29, 1.82) is 0 Å². The molecule has 2 aliphatic rings. The number of urea groups is 1. The molecule has 10 heteroatoms. The Balaban J connectivity index is 1.14. The summed E-state index contributed by atoms with van der Waals surface area (Å²) in [5.41, 5.74) is 2.91. The first kappa shape index (κ1) is 24.1. The summed E-state index contributed by atoms with van der Waals surface area (Å²) in [5, 5.41) is 2.66. The molecule has 0 bridgehead atoms. The van der Waals surface area contributed by atoms with Gasteiger partial charge in [-0.15, -0.1) is 6.42 Å². The predicted octanol–water partition coefficient (Wildman–Crippen LogP) is 4.08. The van der Waals surface area contributed by atoms with Crippen LogP contribution in [0.25, 0.3) is 11.2 Å². The lowest BCUT2D eigenvalue weighted by Crippen LogP contribution is -2.34. The molecule has 1 atom stereocenters. The molecule has 0 spiro atoms. The number of amides is 2. The second kappa shape index (κ2) is 11.4. The molecule has 2 amide bonds. The van der Waals surface area contributed by atoms with Crippen LogP contribution in [0.5, 0.6) is 0 Å². The van der Waals surface area contributed by atoms with Crippen LogP contribution >= 0.6 is 0 Å². The zero-order chi connectivity index (χ0) is 25.5. The summed E-state index contributed by atoms with van der Waals surface area (Å²) in [6.07, 6.45) is 21.4. The maximum atomic E-state index is 12.1. The van der Waals surface area contributed by atoms with Gasteiger partial charge in [-0.3, -0.25) is 0 Å². The van der Waals surface area contributed by atoms with Crippen molar-refractivity contribution in [3.8, 4) is 12.3 Å². The highest BCUT2D eigenvalue weighted by atomic mass is 16.5. The number of carbonyl (C=O) groups is 1. The second-order valence-electron chi connectivity index (χ2n) is 8.69. The van der Waals surface area contributed by atoms with Gasteiger partial charge >= 0.3 is 6.03 Å². The molecule has 3 aromatic heterocycles. The van der Waals surface area contributed by atoms with Gasteiger partial charge in [-0.05, 0) is 36.6 Å². The first-order valence-electron chi connectivity index (χ1n) is 12.1. The zero-order valence-corrected chi connectivity index (χ0v) is 20.3. The average molecular weight is 498 g/mol. The fraction of sp³-hybridized carbons (Fsp3) is 0.296. The van der Waals surface area contributed by atoms with Gasteiger partial charge in [0.05, 0.1) is 30.9 Å². The lowest BCUT2D eigenvalue weighted by atomic mass is 10.0. The van der Waals surface area contributed by atoms with Crippen LogP contribution < -0.4 is 10.2 Å². The Hall–Kier alpha value is -4.65. The molecule has 4 heterocycles. The minimum Gasteiger partial charge on any atom is -0.495 e. The highest BCUT2D eigenvalue weighted by molar-refractivity contribution is 6.06. The van der Waals surface area contributed by atoms with Crippen molar-refractivity contribution >= 4 is 28.7 Å². The monoisotopic (exact) mass is 497 g/mol. The van der Waals surface area contributed by atoms with E-state index in [4.69, 9.17) is 15.6 Å². The number of anilines is 1. The molecular weight excluding hydrogens is 470 g/mol. The van der Waals surface area contributed by atoms with Gasteiger partial charge in [0.15, 0.2) is 11.5 Å². The summed E-state index contributed by atoms with van der Waals surface area (Å²) in [4.78, 5) is 34.5. The number of imidazole rings is 1. The smallest absolute Gasteiger partial charge is 0.342 e. The predicted molar refractivity (Wildman–Crippen MR) is 140 cm³/mol. The number of carbonyl (C=O) groups excluding carboxylic acids is 1. The number of H-pyrrole nitrogens is 1. The van der Waals surface area contributed by atoms with Crippen LogP contribution in [0, 0.1) is 12.3 Å². The molecule has 3 aromatic rings. The molecule has 1 aliphatic heterocycles. The Morgan fingerprint density at radius 3 is 3.22 bits per heavy atom. The van der Waals surface area contributed by atoms with Crippen molar-refractivity contribution in [2.75, 3.05) is 18.1 Å². The third-order valence-corrected chi connectivity index (χ3v) is 6.24. The van der Waals surface area contributed by atoms with Crippen molar-refractivity contribution in [3.05, 3.63) is 72.4 Å². The van der Waals surface area contributed by atoms with E-state index in [0.29, 0.717) is 36.6 Å². The van der Waals surface area contributed by atoms with Gasteiger partial charge in [0.2, 0.25) is 0 Å². The molecule has 2 N–H and O–H groups in total. The molecule has 0 aromatic carbocycles. The van der Waals surface area contributed by atoms with Gasteiger partial charge in [0, 0.05) is 19.4 Å². The first-order chi connectivity index (χ1) is 18.2. The molecule has 1 saturated heterocycles. The lowest BCUT2D eigenvalue weighted by Gasteiger charge is -2.26. The van der Waals surface area contributed by atoms with Gasteiger partial charge in [-0.2, -0.15) is 4.99 Å². The Morgan fingerprint density at radius 1 is 1.41 bits per heavy atom. The number of ether oxygens (including phenoxy) is 1. The van der Waals surface area contributed by atoms with Crippen LogP contribution in [0.1, 0.15) is 31.4 Å². The summed E-state index contributed by atoms with van der Waals surface area (Å²) in [7, 11) is 0. The molecule has 5 rings (SSSR count). The minimum absolute atomic E-state index is 0.209. The first-order valence-corrected chi connectivity index (χ1v) is 12.1. The summed E-state index contributed by atoms with van der Waals surface area (Å²) in [6.45, 7) is 1.72. The maximum absolute atomic E-state index is 12.1. The van der Waals surface area contributed by atoms with E-state index in [1.165, 1.54) is 0 Å². The van der Waals surface area contributed by atoms with Gasteiger partial charge < -0.3 is 24.4 Å². The molecular formula is C27H27N7O3. The van der Waals surface area contributed by atoms with E-state index in [2.05, 4.69) is 41.1 Å². The number of fused-ring (bicyclic) bond motifs is 1. The van der Waals surface area contributed by atoms with Crippen LogP contribution in [0.2, 0.25) is 0 Å². The van der Waals surface area contributed by atoms with E-state index in [0.717, 1.165) is 42.1 Å². The topological polar surface area (TPSA) is 122 Å². The average Bonchev–Trinajstić information content (AvgIpc) is 3.70. The van der Waals surface area contributed by atoms with E-state index in [-0.39, 0.29) is 12.6 Å². The number of nitrogens with one attached hydrogen (secondary N) is 2. The largest absolute Gasteiger partial charge is 0.495 e.